The summed E-state index contributed by atoms with van der Waals surface area (Å²) in [4.78, 5) is 26.9. The lowest BCUT2D eigenvalue weighted by atomic mass is 9.95. The summed E-state index contributed by atoms with van der Waals surface area (Å²) >= 11 is 12.4. The molecule has 1 aliphatic heterocycles. The zero-order chi connectivity index (χ0) is 21.0. The number of benzene rings is 2. The first-order valence-corrected chi connectivity index (χ1v) is 9.68. The van der Waals surface area contributed by atoms with Gasteiger partial charge in [-0.3, -0.25) is 9.59 Å². The monoisotopic (exact) mass is 435 g/mol. The van der Waals surface area contributed by atoms with E-state index in [0.29, 0.717) is 16.1 Å². The first kappa shape index (κ1) is 21.3. The number of likely N-dealkylation sites (tertiary alicyclic amines) is 1. The molecule has 1 amide bonds. The van der Waals surface area contributed by atoms with E-state index in [1.165, 1.54) is 11.0 Å². The second kappa shape index (κ2) is 9.41. The second-order valence-electron chi connectivity index (χ2n) is 6.36. The predicted octanol–water partition coefficient (Wildman–Crippen LogP) is 3.42. The van der Waals surface area contributed by atoms with Gasteiger partial charge in [-0.1, -0.05) is 59.6 Å². The van der Waals surface area contributed by atoms with Crippen molar-refractivity contribution in [2.75, 3.05) is 26.4 Å². The molecule has 0 aromatic heterocycles. The number of aliphatic hydroxyl groups excluding tert-OH is 2. The first-order valence-electron chi connectivity index (χ1n) is 8.93. The van der Waals surface area contributed by atoms with Crippen LogP contribution in [0, 0.1) is 0 Å². The van der Waals surface area contributed by atoms with E-state index in [0.717, 1.165) is 0 Å². The van der Waals surface area contributed by atoms with Gasteiger partial charge in [0, 0.05) is 22.2 Å². The van der Waals surface area contributed by atoms with E-state index >= 15 is 0 Å². The van der Waals surface area contributed by atoms with Crippen LogP contribution in [-0.2, 0) is 14.3 Å². The van der Waals surface area contributed by atoms with E-state index in [1.54, 1.807) is 42.5 Å². The molecule has 0 aliphatic carbocycles. The van der Waals surface area contributed by atoms with Crippen molar-refractivity contribution in [3.8, 4) is 0 Å². The molecule has 2 aromatic carbocycles. The molecule has 0 radical (unpaired) electrons. The summed E-state index contributed by atoms with van der Waals surface area (Å²) in [5, 5.41) is 20.4. The number of halogens is 2. The van der Waals surface area contributed by atoms with Crippen LogP contribution >= 0.6 is 23.2 Å². The van der Waals surface area contributed by atoms with Gasteiger partial charge in [0.25, 0.3) is 11.7 Å². The summed E-state index contributed by atoms with van der Waals surface area (Å²) in [5.41, 5.74) is 0.833. The largest absolute Gasteiger partial charge is 0.507 e. The van der Waals surface area contributed by atoms with Gasteiger partial charge in [-0.2, -0.15) is 0 Å². The maximum atomic E-state index is 12.8. The minimum atomic E-state index is -0.891. The number of ketones is 1. The van der Waals surface area contributed by atoms with Crippen molar-refractivity contribution in [3.05, 3.63) is 75.3 Å². The van der Waals surface area contributed by atoms with Gasteiger partial charge >= 0.3 is 0 Å². The minimum absolute atomic E-state index is 0.0485. The number of aliphatic hydroxyl groups is 2. The molecule has 8 heteroatoms. The molecule has 29 heavy (non-hydrogen) atoms. The van der Waals surface area contributed by atoms with Crippen LogP contribution in [0.25, 0.3) is 5.76 Å². The fourth-order valence-corrected chi connectivity index (χ4v) is 3.75. The Hall–Kier alpha value is -2.38. The lowest BCUT2D eigenvalue weighted by molar-refractivity contribution is -0.140. The van der Waals surface area contributed by atoms with Crippen molar-refractivity contribution in [1.82, 2.24) is 4.90 Å². The van der Waals surface area contributed by atoms with Crippen LogP contribution in [0.3, 0.4) is 0 Å². The summed E-state index contributed by atoms with van der Waals surface area (Å²) in [6.07, 6.45) is 0. The summed E-state index contributed by atoms with van der Waals surface area (Å²) in [5.74, 6) is -1.84. The van der Waals surface area contributed by atoms with Gasteiger partial charge in [0.15, 0.2) is 0 Å². The summed E-state index contributed by atoms with van der Waals surface area (Å²) in [7, 11) is 0. The number of rotatable bonds is 7. The molecule has 1 aliphatic rings. The number of Topliss-reactive ketones (excluding diaryl/α,β-unsaturated/α-hetero) is 1. The quantitative estimate of drug-likeness (QED) is 0.301. The van der Waals surface area contributed by atoms with Gasteiger partial charge in [0.2, 0.25) is 0 Å². The molecule has 2 N–H and O–H groups in total. The van der Waals surface area contributed by atoms with E-state index < -0.39 is 17.7 Å². The number of carbonyl (C=O) groups excluding carboxylic acids is 2. The van der Waals surface area contributed by atoms with E-state index in [2.05, 4.69) is 0 Å². The Bertz CT molecular complexity index is 945. The lowest BCUT2D eigenvalue weighted by Crippen LogP contribution is -2.33. The van der Waals surface area contributed by atoms with E-state index in [9.17, 15) is 14.7 Å². The molecule has 1 saturated heterocycles. The fraction of sp³-hybridized carbons (Fsp3) is 0.238. The van der Waals surface area contributed by atoms with Crippen LogP contribution in [0.2, 0.25) is 10.0 Å². The second-order valence-corrected chi connectivity index (χ2v) is 7.20. The van der Waals surface area contributed by atoms with E-state index in [4.69, 9.17) is 33.0 Å². The van der Waals surface area contributed by atoms with Crippen molar-refractivity contribution in [2.24, 2.45) is 0 Å². The maximum Gasteiger partial charge on any atom is 0.295 e. The highest BCUT2D eigenvalue weighted by molar-refractivity contribution is 6.47. The van der Waals surface area contributed by atoms with Crippen LogP contribution < -0.4 is 0 Å². The van der Waals surface area contributed by atoms with Gasteiger partial charge in [0.05, 0.1) is 31.4 Å². The van der Waals surface area contributed by atoms with Crippen LogP contribution in [0.1, 0.15) is 17.2 Å². The van der Waals surface area contributed by atoms with Crippen LogP contribution in [-0.4, -0.2) is 53.2 Å². The molecule has 1 atom stereocenters. The molecule has 0 bridgehead atoms. The number of carbonyl (C=O) groups is 2. The zero-order valence-electron chi connectivity index (χ0n) is 15.3. The number of nitrogens with zero attached hydrogens (tertiary/aromatic N) is 1. The van der Waals surface area contributed by atoms with Gasteiger partial charge in [-0.05, 0) is 17.7 Å². The predicted molar refractivity (Wildman–Crippen MR) is 110 cm³/mol. The van der Waals surface area contributed by atoms with Crippen molar-refractivity contribution < 1.29 is 24.5 Å². The number of hydrogen-bond acceptors (Lipinski definition) is 5. The van der Waals surface area contributed by atoms with Gasteiger partial charge in [0.1, 0.15) is 5.76 Å². The summed E-state index contributed by atoms with van der Waals surface area (Å²) in [6.45, 7) is 0.153. The minimum Gasteiger partial charge on any atom is -0.507 e. The van der Waals surface area contributed by atoms with Crippen molar-refractivity contribution in [3.63, 3.8) is 0 Å². The van der Waals surface area contributed by atoms with Gasteiger partial charge in [-0.25, -0.2) is 0 Å². The van der Waals surface area contributed by atoms with Crippen molar-refractivity contribution >= 4 is 40.7 Å². The normalized spacial score (nSPS) is 18.4. The fourth-order valence-electron chi connectivity index (χ4n) is 3.24. The maximum absolute atomic E-state index is 12.8. The van der Waals surface area contributed by atoms with Crippen LogP contribution in [0.4, 0.5) is 0 Å². The molecule has 2 aromatic rings. The Labute approximate surface area is 177 Å². The lowest BCUT2D eigenvalue weighted by Gasteiger charge is -2.26. The molecular formula is C21H19Cl2NO5. The van der Waals surface area contributed by atoms with E-state index in [1.807, 2.05) is 0 Å². The molecule has 3 rings (SSSR count). The molecule has 1 heterocycles. The van der Waals surface area contributed by atoms with Crippen LogP contribution in [0.5, 0.6) is 0 Å². The topological polar surface area (TPSA) is 87.1 Å². The smallest absolute Gasteiger partial charge is 0.295 e. The van der Waals surface area contributed by atoms with Gasteiger partial charge < -0.3 is 19.8 Å². The first-order chi connectivity index (χ1) is 14.0. The van der Waals surface area contributed by atoms with E-state index in [-0.39, 0.29) is 42.7 Å². The third-order valence-electron chi connectivity index (χ3n) is 4.56. The van der Waals surface area contributed by atoms with Crippen molar-refractivity contribution in [1.29, 1.82) is 0 Å². The average Bonchev–Trinajstić information content (AvgIpc) is 2.96. The standard InChI is InChI=1S/C21H19Cl2NO5/c22-14-6-7-15(16(23)12-14)18-17(19(26)13-4-2-1-3-5-13)20(27)21(28)24(18)8-10-29-11-9-25/h1-7,12,18,25-26H,8-11H2/t18-/m1/s1. The molecule has 152 valence electrons. The average molecular weight is 436 g/mol. The number of ether oxygens (including phenoxy) is 1. The number of amides is 1. The van der Waals surface area contributed by atoms with Gasteiger partial charge in [-0.15, -0.1) is 0 Å². The molecule has 6 nitrogen and oxygen atoms in total. The Morgan fingerprint density at radius 2 is 1.79 bits per heavy atom. The van der Waals surface area contributed by atoms with Crippen LogP contribution in [0.15, 0.2) is 54.1 Å². The Morgan fingerprint density at radius 3 is 2.45 bits per heavy atom. The number of hydrogen-bond donors (Lipinski definition) is 2. The molecular weight excluding hydrogens is 417 g/mol. The highest BCUT2D eigenvalue weighted by Crippen LogP contribution is 2.42. The SMILES string of the molecule is O=C1C(=O)N(CCOCCO)[C@H](c2ccc(Cl)cc2Cl)C1=C(O)c1ccccc1. The third kappa shape index (κ3) is 4.46. The Kier molecular flexibility index (Phi) is 6.92. The Balaban J connectivity index is 2.10. The molecule has 0 saturated carbocycles. The molecule has 0 spiro atoms. The molecule has 0 unspecified atom stereocenters. The third-order valence-corrected chi connectivity index (χ3v) is 5.12. The summed E-state index contributed by atoms with van der Waals surface area (Å²) < 4.78 is 5.25. The summed E-state index contributed by atoms with van der Waals surface area (Å²) in [6, 6.07) is 12.4. The Morgan fingerprint density at radius 1 is 1.07 bits per heavy atom. The molecule has 1 fully saturated rings. The van der Waals surface area contributed by atoms with Crippen molar-refractivity contribution in [2.45, 2.75) is 6.04 Å². The highest BCUT2D eigenvalue weighted by atomic mass is 35.5. The highest BCUT2D eigenvalue weighted by Gasteiger charge is 2.46. The zero-order valence-corrected chi connectivity index (χ0v) is 16.9.